The van der Waals surface area contributed by atoms with E-state index in [0.29, 0.717) is 12.6 Å². The van der Waals surface area contributed by atoms with Gasteiger partial charge in [-0.3, -0.25) is 4.90 Å². The molecule has 1 N–H and O–H groups in total. The van der Waals surface area contributed by atoms with Crippen LogP contribution >= 0.6 is 0 Å². The number of aromatic nitrogens is 1. The maximum Gasteiger partial charge on any atom is 0.301 e. The molecule has 4 nitrogen and oxygen atoms in total. The van der Waals surface area contributed by atoms with Crippen molar-refractivity contribution in [3.8, 4) is 0 Å². The fourth-order valence-electron chi connectivity index (χ4n) is 1.49. The molecule has 1 aromatic carbocycles. The minimum Gasteiger partial charge on any atom is -0.431 e. The van der Waals surface area contributed by atoms with E-state index in [2.05, 4.69) is 10.3 Å². The van der Waals surface area contributed by atoms with Crippen LogP contribution in [-0.4, -0.2) is 19.1 Å². The van der Waals surface area contributed by atoms with Crippen LogP contribution in [0.3, 0.4) is 0 Å². The summed E-state index contributed by atoms with van der Waals surface area (Å²) < 4.78 is 18.1. The van der Waals surface area contributed by atoms with Crippen molar-refractivity contribution in [1.29, 1.82) is 0 Å². The van der Waals surface area contributed by atoms with Crippen molar-refractivity contribution < 1.29 is 8.81 Å². The monoisotopic (exact) mass is 235 g/mol. The highest BCUT2D eigenvalue weighted by atomic mass is 19.1. The Balaban J connectivity index is 2.18. The molecule has 0 aliphatic rings. The van der Waals surface area contributed by atoms with E-state index in [-0.39, 0.29) is 5.82 Å². The number of halogens is 1. The van der Waals surface area contributed by atoms with Gasteiger partial charge in [0.25, 0.3) is 0 Å². The van der Waals surface area contributed by atoms with Crippen LogP contribution in [0.25, 0.3) is 0 Å². The second kappa shape index (κ2) is 4.97. The Hall–Kier alpha value is -1.88. The molecule has 0 aliphatic carbocycles. The largest absolute Gasteiger partial charge is 0.431 e. The van der Waals surface area contributed by atoms with Crippen molar-refractivity contribution >= 4 is 11.7 Å². The van der Waals surface area contributed by atoms with E-state index in [4.69, 9.17) is 4.42 Å². The SMILES string of the molecule is CNCc1coc(N(C)c2ccc(F)cc2)n1. The van der Waals surface area contributed by atoms with Crippen LogP contribution in [0.4, 0.5) is 16.1 Å². The van der Waals surface area contributed by atoms with E-state index in [1.807, 2.05) is 14.1 Å². The maximum atomic E-state index is 12.8. The number of nitrogens with zero attached hydrogens (tertiary/aromatic N) is 2. The van der Waals surface area contributed by atoms with Gasteiger partial charge in [0.05, 0.1) is 5.69 Å². The molecule has 0 atom stereocenters. The summed E-state index contributed by atoms with van der Waals surface area (Å²) in [7, 11) is 3.67. The van der Waals surface area contributed by atoms with Gasteiger partial charge in [0, 0.05) is 19.3 Å². The van der Waals surface area contributed by atoms with E-state index in [1.54, 1.807) is 23.3 Å². The highest BCUT2D eigenvalue weighted by molar-refractivity contribution is 5.54. The molecule has 0 fully saturated rings. The van der Waals surface area contributed by atoms with Crippen LogP contribution in [0.5, 0.6) is 0 Å². The maximum absolute atomic E-state index is 12.8. The van der Waals surface area contributed by atoms with Gasteiger partial charge in [-0.2, -0.15) is 4.98 Å². The summed E-state index contributed by atoms with van der Waals surface area (Å²) in [4.78, 5) is 6.06. The van der Waals surface area contributed by atoms with Gasteiger partial charge in [-0.15, -0.1) is 0 Å². The number of benzene rings is 1. The molecule has 90 valence electrons. The topological polar surface area (TPSA) is 41.3 Å². The van der Waals surface area contributed by atoms with Crippen LogP contribution < -0.4 is 10.2 Å². The highest BCUT2D eigenvalue weighted by Gasteiger charge is 2.10. The lowest BCUT2D eigenvalue weighted by atomic mass is 10.3. The minimum absolute atomic E-state index is 0.259. The molecular formula is C12H14FN3O. The Kier molecular flexibility index (Phi) is 3.39. The first kappa shape index (κ1) is 11.6. The van der Waals surface area contributed by atoms with Gasteiger partial charge < -0.3 is 9.73 Å². The third-order valence-electron chi connectivity index (χ3n) is 2.40. The molecule has 0 amide bonds. The summed E-state index contributed by atoms with van der Waals surface area (Å²) in [6, 6.07) is 6.66. The number of nitrogens with one attached hydrogen (secondary N) is 1. The third kappa shape index (κ3) is 2.62. The lowest BCUT2D eigenvalue weighted by molar-refractivity contribution is 0.558. The lowest BCUT2D eigenvalue weighted by Gasteiger charge is -2.13. The summed E-state index contributed by atoms with van der Waals surface area (Å²) in [5.41, 5.74) is 1.65. The van der Waals surface area contributed by atoms with Crippen molar-refractivity contribution in [2.24, 2.45) is 0 Å². The second-order valence-electron chi connectivity index (χ2n) is 3.69. The molecule has 0 saturated heterocycles. The van der Waals surface area contributed by atoms with Crippen LogP contribution in [0, 0.1) is 5.82 Å². The van der Waals surface area contributed by atoms with Gasteiger partial charge in [-0.05, 0) is 31.3 Å². The van der Waals surface area contributed by atoms with Gasteiger partial charge >= 0.3 is 6.01 Å². The Morgan fingerprint density at radius 1 is 1.35 bits per heavy atom. The van der Waals surface area contributed by atoms with Crippen molar-refractivity contribution in [2.45, 2.75) is 6.54 Å². The summed E-state index contributed by atoms with van der Waals surface area (Å²) in [5, 5.41) is 2.99. The zero-order valence-corrected chi connectivity index (χ0v) is 9.77. The normalized spacial score (nSPS) is 10.5. The molecule has 0 aliphatic heterocycles. The molecule has 0 radical (unpaired) electrons. The average molecular weight is 235 g/mol. The summed E-state index contributed by atoms with van der Waals surface area (Å²) in [6.07, 6.45) is 1.60. The van der Waals surface area contributed by atoms with E-state index < -0.39 is 0 Å². The Morgan fingerprint density at radius 2 is 2.06 bits per heavy atom. The van der Waals surface area contributed by atoms with Crippen molar-refractivity contribution in [3.05, 3.63) is 42.0 Å². The molecule has 0 spiro atoms. The molecule has 0 bridgehead atoms. The molecule has 2 aromatic rings. The molecule has 0 unspecified atom stereocenters. The molecule has 17 heavy (non-hydrogen) atoms. The molecule has 5 heteroatoms. The predicted octanol–water partition coefficient (Wildman–Crippen LogP) is 2.30. The average Bonchev–Trinajstić information content (AvgIpc) is 2.78. The quantitative estimate of drug-likeness (QED) is 0.882. The van der Waals surface area contributed by atoms with Gasteiger partial charge in [-0.1, -0.05) is 0 Å². The Bertz CT molecular complexity index is 481. The first-order valence-corrected chi connectivity index (χ1v) is 5.29. The minimum atomic E-state index is -0.259. The van der Waals surface area contributed by atoms with Crippen molar-refractivity contribution in [2.75, 3.05) is 19.0 Å². The zero-order chi connectivity index (χ0) is 12.3. The fourth-order valence-corrected chi connectivity index (χ4v) is 1.49. The second-order valence-corrected chi connectivity index (χ2v) is 3.69. The van der Waals surface area contributed by atoms with Gasteiger partial charge in [0.15, 0.2) is 0 Å². The Morgan fingerprint density at radius 3 is 2.71 bits per heavy atom. The fraction of sp³-hybridized carbons (Fsp3) is 0.250. The number of hydrogen-bond acceptors (Lipinski definition) is 4. The third-order valence-corrected chi connectivity index (χ3v) is 2.40. The predicted molar refractivity (Wildman–Crippen MR) is 63.7 cm³/mol. The summed E-state index contributed by atoms with van der Waals surface area (Å²) >= 11 is 0. The van der Waals surface area contributed by atoms with Crippen molar-refractivity contribution in [1.82, 2.24) is 10.3 Å². The number of rotatable bonds is 4. The van der Waals surface area contributed by atoms with Gasteiger partial charge in [0.1, 0.15) is 12.1 Å². The van der Waals surface area contributed by atoms with Gasteiger partial charge in [-0.25, -0.2) is 4.39 Å². The van der Waals surface area contributed by atoms with Crippen LogP contribution in [0.2, 0.25) is 0 Å². The van der Waals surface area contributed by atoms with E-state index in [1.165, 1.54) is 12.1 Å². The highest BCUT2D eigenvalue weighted by Crippen LogP contribution is 2.22. The first-order valence-electron chi connectivity index (χ1n) is 5.29. The smallest absolute Gasteiger partial charge is 0.301 e. The van der Waals surface area contributed by atoms with Crippen LogP contribution in [0.15, 0.2) is 34.9 Å². The van der Waals surface area contributed by atoms with Crippen LogP contribution in [0.1, 0.15) is 5.69 Å². The van der Waals surface area contributed by atoms with Crippen molar-refractivity contribution in [3.63, 3.8) is 0 Å². The van der Waals surface area contributed by atoms with E-state index in [0.717, 1.165) is 11.4 Å². The van der Waals surface area contributed by atoms with Crippen LogP contribution in [-0.2, 0) is 6.54 Å². The summed E-state index contributed by atoms with van der Waals surface area (Å²) in [6.45, 7) is 0.654. The summed E-state index contributed by atoms with van der Waals surface area (Å²) in [5.74, 6) is -0.259. The Labute approximate surface area is 99.1 Å². The first-order chi connectivity index (χ1) is 8.20. The standard InChI is InChI=1S/C12H14FN3O/c1-14-7-10-8-17-12(15-10)16(2)11-5-3-9(13)4-6-11/h3-6,8,14H,7H2,1-2H3. The molecular weight excluding hydrogens is 221 g/mol. The molecule has 0 saturated carbocycles. The lowest BCUT2D eigenvalue weighted by Crippen LogP contribution is -2.10. The number of hydrogen-bond donors (Lipinski definition) is 1. The van der Waals surface area contributed by atoms with E-state index >= 15 is 0 Å². The molecule has 2 rings (SSSR count). The molecule has 1 aromatic heterocycles. The zero-order valence-electron chi connectivity index (χ0n) is 9.77. The molecule has 1 heterocycles. The number of oxazole rings is 1. The van der Waals surface area contributed by atoms with E-state index in [9.17, 15) is 4.39 Å². The number of anilines is 2. The van der Waals surface area contributed by atoms with Gasteiger partial charge in [0.2, 0.25) is 0 Å².